The van der Waals surface area contributed by atoms with Gasteiger partial charge >= 0.3 is 0 Å². The van der Waals surface area contributed by atoms with Crippen molar-refractivity contribution in [3.05, 3.63) is 53.3 Å². The van der Waals surface area contributed by atoms with Gasteiger partial charge in [-0.2, -0.15) is 0 Å². The molecule has 1 heteroatoms. The Morgan fingerprint density at radius 3 is 2.60 bits per heavy atom. The number of allylic oxidation sites excluding steroid dienone is 6. The molecular weight excluding hydrogens is 362 g/mol. The zero-order valence-electron chi connectivity index (χ0n) is 19.9. The van der Waals surface area contributed by atoms with E-state index in [0.717, 1.165) is 32.1 Å². The van der Waals surface area contributed by atoms with Crippen LogP contribution >= 0.6 is 0 Å². The van der Waals surface area contributed by atoms with E-state index >= 15 is 0 Å². The van der Waals surface area contributed by atoms with E-state index in [-0.39, 0.29) is 11.0 Å². The molecule has 0 aliphatic heterocycles. The van der Waals surface area contributed by atoms with Crippen LogP contribution in [0.4, 0.5) is 0 Å². The van der Waals surface area contributed by atoms with Crippen molar-refractivity contribution in [3.8, 4) is 0 Å². The Bertz CT molecular complexity index is 832. The molecule has 0 aromatic carbocycles. The van der Waals surface area contributed by atoms with Gasteiger partial charge < -0.3 is 5.73 Å². The van der Waals surface area contributed by atoms with E-state index in [9.17, 15) is 0 Å². The van der Waals surface area contributed by atoms with Gasteiger partial charge in [-0.05, 0) is 112 Å². The zero-order chi connectivity index (χ0) is 21.7. The molecule has 6 atom stereocenters. The molecule has 0 heterocycles. The average molecular weight is 406 g/mol. The molecule has 3 saturated carbocycles. The Morgan fingerprint density at radius 2 is 1.90 bits per heavy atom. The van der Waals surface area contributed by atoms with Crippen LogP contribution in [0.25, 0.3) is 0 Å². The quantitative estimate of drug-likeness (QED) is 0.377. The van der Waals surface area contributed by atoms with Crippen LogP contribution in [-0.2, 0) is 0 Å². The van der Waals surface area contributed by atoms with Gasteiger partial charge in [0.2, 0.25) is 0 Å². The summed E-state index contributed by atoms with van der Waals surface area (Å²) in [5.41, 5.74) is 17.1. The van der Waals surface area contributed by atoms with Crippen LogP contribution in [0, 0.1) is 28.6 Å². The molecule has 0 saturated heterocycles. The molecule has 0 spiro atoms. The van der Waals surface area contributed by atoms with E-state index in [0.29, 0.717) is 23.2 Å². The van der Waals surface area contributed by atoms with Crippen molar-refractivity contribution >= 4 is 0 Å². The molecule has 6 unspecified atom stereocenters. The summed E-state index contributed by atoms with van der Waals surface area (Å²) in [6.07, 6.45) is 16.9. The largest absolute Gasteiger partial charge is 0.325 e. The molecule has 4 aliphatic rings. The van der Waals surface area contributed by atoms with Gasteiger partial charge in [0.25, 0.3) is 0 Å². The summed E-state index contributed by atoms with van der Waals surface area (Å²) in [7, 11) is 0. The maximum Gasteiger partial charge on any atom is 0.0228 e. The van der Waals surface area contributed by atoms with E-state index in [1.165, 1.54) is 48.8 Å². The Hall–Kier alpha value is -1.30. The number of hydrogen-bond donors (Lipinski definition) is 1. The first-order valence-electron chi connectivity index (χ1n) is 12.3. The summed E-state index contributed by atoms with van der Waals surface area (Å²) in [5, 5.41) is 0. The van der Waals surface area contributed by atoms with Crippen molar-refractivity contribution in [2.45, 2.75) is 97.4 Å². The van der Waals surface area contributed by atoms with E-state index in [1.54, 1.807) is 5.57 Å². The maximum atomic E-state index is 7.50. The van der Waals surface area contributed by atoms with Crippen LogP contribution in [0.3, 0.4) is 0 Å². The molecule has 3 fully saturated rings. The molecule has 164 valence electrons. The minimum Gasteiger partial charge on any atom is -0.325 e. The zero-order valence-corrected chi connectivity index (χ0v) is 19.9. The van der Waals surface area contributed by atoms with Gasteiger partial charge in [0.15, 0.2) is 0 Å². The first kappa shape index (κ1) is 21.9. The SMILES string of the molecule is C=C=C1C=C2CCC3(N)C(CCC4(C)C(C(=C)CCC=C(C)C)CCC43)C2(C)CC1. The Morgan fingerprint density at radius 1 is 1.13 bits per heavy atom. The second-order valence-corrected chi connectivity index (χ2v) is 11.7. The summed E-state index contributed by atoms with van der Waals surface area (Å²) in [4.78, 5) is 0. The molecule has 0 aromatic heterocycles. The normalized spacial score (nSPS) is 42.4. The van der Waals surface area contributed by atoms with E-state index in [4.69, 9.17) is 5.73 Å². The molecule has 4 aliphatic carbocycles. The number of hydrogen-bond acceptors (Lipinski definition) is 1. The van der Waals surface area contributed by atoms with Gasteiger partial charge in [0.05, 0.1) is 0 Å². The molecule has 0 bridgehead atoms. The number of nitrogens with two attached hydrogens (primary N) is 1. The lowest BCUT2D eigenvalue weighted by Crippen LogP contribution is -2.66. The maximum absolute atomic E-state index is 7.50. The van der Waals surface area contributed by atoms with Crippen molar-refractivity contribution < 1.29 is 0 Å². The minimum atomic E-state index is -0.0105. The van der Waals surface area contributed by atoms with Gasteiger partial charge in [0, 0.05) is 5.54 Å². The standard InChI is InChI=1S/C29H43N/c1-7-22-13-16-27(5)23(19-22)14-18-29(30)25-12-11-24(21(4)10-8-9-20(2)3)28(25,6)17-15-26(27)29/h9,19,24-26H,1,4,8,10-18,30H2,2-3,5-6H3. The fourth-order valence-electron chi connectivity index (χ4n) is 8.33. The van der Waals surface area contributed by atoms with Crippen LogP contribution in [-0.4, -0.2) is 5.54 Å². The molecule has 1 nitrogen and oxygen atoms in total. The van der Waals surface area contributed by atoms with Crippen molar-refractivity contribution in [3.63, 3.8) is 0 Å². The minimum absolute atomic E-state index is 0.0105. The lowest BCUT2D eigenvalue weighted by atomic mass is 9.43. The van der Waals surface area contributed by atoms with Gasteiger partial charge in [-0.15, -0.1) is 5.73 Å². The third-order valence-corrected chi connectivity index (χ3v) is 9.94. The van der Waals surface area contributed by atoms with E-state index in [1.807, 2.05) is 0 Å². The third kappa shape index (κ3) is 3.25. The number of rotatable bonds is 4. The Kier molecular flexibility index (Phi) is 5.61. The lowest BCUT2D eigenvalue weighted by molar-refractivity contribution is -0.0655. The predicted molar refractivity (Wildman–Crippen MR) is 129 cm³/mol. The summed E-state index contributed by atoms with van der Waals surface area (Å²) in [5.74, 6) is 1.91. The summed E-state index contributed by atoms with van der Waals surface area (Å²) in [6.45, 7) is 18.0. The van der Waals surface area contributed by atoms with Crippen LogP contribution in [0.2, 0.25) is 0 Å². The van der Waals surface area contributed by atoms with E-state index in [2.05, 4.69) is 58.7 Å². The molecule has 0 amide bonds. The molecule has 2 N–H and O–H groups in total. The van der Waals surface area contributed by atoms with Gasteiger partial charge in [0.1, 0.15) is 0 Å². The highest BCUT2D eigenvalue weighted by Gasteiger charge is 2.64. The van der Waals surface area contributed by atoms with E-state index < -0.39 is 0 Å². The molecule has 30 heavy (non-hydrogen) atoms. The highest BCUT2D eigenvalue weighted by Crippen LogP contribution is 2.68. The molecule has 0 aromatic rings. The monoisotopic (exact) mass is 405 g/mol. The van der Waals surface area contributed by atoms with Crippen molar-refractivity contribution in [2.24, 2.45) is 34.3 Å². The second kappa shape index (κ2) is 7.68. The summed E-state index contributed by atoms with van der Waals surface area (Å²) < 4.78 is 0. The summed E-state index contributed by atoms with van der Waals surface area (Å²) in [6, 6.07) is 0. The van der Waals surface area contributed by atoms with Crippen molar-refractivity contribution in [1.29, 1.82) is 0 Å². The van der Waals surface area contributed by atoms with Crippen LogP contribution in [0.15, 0.2) is 53.3 Å². The Balaban J connectivity index is 1.59. The first-order chi connectivity index (χ1) is 14.1. The van der Waals surface area contributed by atoms with Crippen LogP contribution in [0.5, 0.6) is 0 Å². The third-order valence-electron chi connectivity index (χ3n) is 9.94. The van der Waals surface area contributed by atoms with Crippen LogP contribution in [0.1, 0.15) is 91.9 Å². The second-order valence-electron chi connectivity index (χ2n) is 11.7. The topological polar surface area (TPSA) is 26.0 Å². The average Bonchev–Trinajstić information content (AvgIpc) is 3.05. The van der Waals surface area contributed by atoms with Crippen LogP contribution < -0.4 is 5.73 Å². The fraction of sp³-hybridized carbons (Fsp3) is 0.690. The predicted octanol–water partition coefficient (Wildman–Crippen LogP) is 7.66. The number of fused-ring (bicyclic) bond motifs is 5. The first-order valence-corrected chi connectivity index (χ1v) is 12.3. The summed E-state index contributed by atoms with van der Waals surface area (Å²) >= 11 is 0. The molecule has 4 rings (SSSR count). The highest BCUT2D eigenvalue weighted by atomic mass is 14.9. The van der Waals surface area contributed by atoms with Crippen molar-refractivity contribution in [1.82, 2.24) is 0 Å². The van der Waals surface area contributed by atoms with Gasteiger partial charge in [-0.3, -0.25) is 0 Å². The van der Waals surface area contributed by atoms with Gasteiger partial charge in [-0.25, -0.2) is 0 Å². The lowest BCUT2D eigenvalue weighted by Gasteiger charge is -2.63. The molecule has 0 radical (unpaired) electrons. The fourth-order valence-corrected chi connectivity index (χ4v) is 8.33. The molecular formula is C29H43N. The Labute approximate surface area is 185 Å². The van der Waals surface area contributed by atoms with Crippen molar-refractivity contribution in [2.75, 3.05) is 0 Å². The van der Waals surface area contributed by atoms with Gasteiger partial charge in [-0.1, -0.05) is 55.9 Å². The highest BCUT2D eigenvalue weighted by molar-refractivity contribution is 5.36. The smallest absolute Gasteiger partial charge is 0.0228 e.